The lowest BCUT2D eigenvalue weighted by Gasteiger charge is -2.04. The first kappa shape index (κ1) is 15.4. The number of ether oxygens (including phenoxy) is 1. The summed E-state index contributed by atoms with van der Waals surface area (Å²) < 4.78 is 4.85. The van der Waals surface area contributed by atoms with E-state index in [1.165, 1.54) is 32.1 Å². The second-order valence-electron chi connectivity index (χ2n) is 4.07. The van der Waals surface area contributed by atoms with Crippen molar-refractivity contribution in [1.29, 1.82) is 0 Å². The van der Waals surface area contributed by atoms with E-state index in [1.807, 2.05) is 6.92 Å². The van der Waals surface area contributed by atoms with Crippen molar-refractivity contribution in [2.24, 2.45) is 0 Å². The first-order valence-corrected chi connectivity index (χ1v) is 6.67. The van der Waals surface area contributed by atoms with Crippen molar-refractivity contribution in [3.63, 3.8) is 0 Å². The first-order chi connectivity index (χ1) is 7.81. The van der Waals surface area contributed by atoms with Crippen molar-refractivity contribution >= 4 is 5.97 Å². The van der Waals surface area contributed by atoms with Crippen molar-refractivity contribution in [2.45, 2.75) is 58.8 Å². The van der Waals surface area contributed by atoms with Gasteiger partial charge in [0.25, 0.3) is 0 Å². The van der Waals surface area contributed by atoms with Gasteiger partial charge in [0, 0.05) is 6.42 Å². The van der Waals surface area contributed by atoms with E-state index in [0.717, 1.165) is 19.5 Å². The molecular weight excluding hydrogens is 202 g/mol. The fourth-order valence-electron chi connectivity index (χ4n) is 1.57. The van der Waals surface area contributed by atoms with Gasteiger partial charge in [0.2, 0.25) is 0 Å². The molecule has 0 bridgehead atoms. The van der Waals surface area contributed by atoms with Crippen LogP contribution in [0.2, 0.25) is 0 Å². The summed E-state index contributed by atoms with van der Waals surface area (Å²) in [5.74, 6) is -0.0766. The van der Waals surface area contributed by atoms with Crippen LogP contribution in [-0.2, 0) is 9.53 Å². The summed E-state index contributed by atoms with van der Waals surface area (Å²) in [5, 5.41) is 3.35. The smallest absolute Gasteiger partial charge is 0.305 e. The van der Waals surface area contributed by atoms with Gasteiger partial charge in [-0.05, 0) is 32.9 Å². The summed E-state index contributed by atoms with van der Waals surface area (Å²) in [5.41, 5.74) is 0. The molecule has 0 unspecified atom stereocenters. The van der Waals surface area contributed by atoms with Gasteiger partial charge >= 0.3 is 5.97 Å². The molecule has 3 heteroatoms. The molecule has 16 heavy (non-hydrogen) atoms. The fourth-order valence-corrected chi connectivity index (χ4v) is 1.57. The second-order valence-corrected chi connectivity index (χ2v) is 4.07. The van der Waals surface area contributed by atoms with Gasteiger partial charge in [-0.2, -0.15) is 0 Å². The topological polar surface area (TPSA) is 38.3 Å². The summed E-state index contributed by atoms with van der Waals surface area (Å²) in [6.45, 7) is 6.56. The highest BCUT2D eigenvalue weighted by molar-refractivity contribution is 5.69. The third kappa shape index (κ3) is 11.5. The number of hydrogen-bond donors (Lipinski definition) is 1. The van der Waals surface area contributed by atoms with Gasteiger partial charge in [-0.3, -0.25) is 4.79 Å². The summed E-state index contributed by atoms with van der Waals surface area (Å²) in [7, 11) is 0. The molecular formula is C13H27NO2. The Morgan fingerprint density at radius 1 is 1.00 bits per heavy atom. The molecule has 96 valence electrons. The van der Waals surface area contributed by atoms with E-state index < -0.39 is 0 Å². The standard InChI is InChI=1S/C13H27NO2/c1-3-5-6-7-8-11-14-12-9-10-13(15)16-4-2/h14H,3-12H2,1-2H3. The summed E-state index contributed by atoms with van der Waals surface area (Å²) in [6, 6.07) is 0. The molecule has 0 rings (SSSR count). The Balaban J connectivity index is 3.01. The van der Waals surface area contributed by atoms with E-state index >= 15 is 0 Å². The average Bonchev–Trinajstić information content (AvgIpc) is 2.27. The Hall–Kier alpha value is -0.570. The molecule has 0 radical (unpaired) electrons. The Labute approximate surface area is 99.9 Å². The average molecular weight is 229 g/mol. The third-order valence-electron chi connectivity index (χ3n) is 2.50. The second kappa shape index (κ2) is 12.5. The molecule has 0 aromatic heterocycles. The largest absolute Gasteiger partial charge is 0.466 e. The monoisotopic (exact) mass is 229 g/mol. The van der Waals surface area contributed by atoms with E-state index in [2.05, 4.69) is 12.2 Å². The number of carbonyl (C=O) groups is 1. The predicted molar refractivity (Wildman–Crippen MR) is 67.5 cm³/mol. The number of nitrogens with one attached hydrogen (secondary N) is 1. The zero-order valence-corrected chi connectivity index (χ0v) is 10.9. The maximum absolute atomic E-state index is 11.0. The predicted octanol–water partition coefficient (Wildman–Crippen LogP) is 2.89. The minimum atomic E-state index is -0.0766. The van der Waals surface area contributed by atoms with Gasteiger partial charge < -0.3 is 10.1 Å². The highest BCUT2D eigenvalue weighted by atomic mass is 16.5. The molecule has 0 aliphatic rings. The number of unbranched alkanes of at least 4 members (excludes halogenated alkanes) is 4. The first-order valence-electron chi connectivity index (χ1n) is 6.67. The highest BCUT2D eigenvalue weighted by Crippen LogP contribution is 2.01. The molecule has 3 nitrogen and oxygen atoms in total. The number of carbonyl (C=O) groups excluding carboxylic acids is 1. The Bertz CT molecular complexity index is 160. The third-order valence-corrected chi connectivity index (χ3v) is 2.50. The highest BCUT2D eigenvalue weighted by Gasteiger charge is 1.99. The number of rotatable bonds is 11. The molecule has 0 saturated heterocycles. The Morgan fingerprint density at radius 2 is 1.69 bits per heavy atom. The Morgan fingerprint density at radius 3 is 2.38 bits per heavy atom. The van der Waals surface area contributed by atoms with Gasteiger partial charge in [0.1, 0.15) is 0 Å². The van der Waals surface area contributed by atoms with Gasteiger partial charge in [-0.25, -0.2) is 0 Å². The molecule has 0 heterocycles. The molecule has 0 spiro atoms. The van der Waals surface area contributed by atoms with Crippen molar-refractivity contribution in [3.05, 3.63) is 0 Å². The fraction of sp³-hybridized carbons (Fsp3) is 0.923. The van der Waals surface area contributed by atoms with E-state index in [-0.39, 0.29) is 5.97 Å². The molecule has 0 aromatic carbocycles. The van der Waals surface area contributed by atoms with Crippen molar-refractivity contribution in [3.8, 4) is 0 Å². The van der Waals surface area contributed by atoms with E-state index in [0.29, 0.717) is 13.0 Å². The van der Waals surface area contributed by atoms with Crippen molar-refractivity contribution in [1.82, 2.24) is 5.32 Å². The maximum atomic E-state index is 11.0. The summed E-state index contributed by atoms with van der Waals surface area (Å²) >= 11 is 0. The molecule has 0 aliphatic heterocycles. The van der Waals surface area contributed by atoms with Crippen LogP contribution in [0.4, 0.5) is 0 Å². The molecule has 0 saturated carbocycles. The van der Waals surface area contributed by atoms with Crippen LogP contribution in [0.15, 0.2) is 0 Å². The minimum Gasteiger partial charge on any atom is -0.466 e. The molecule has 0 aromatic rings. The van der Waals surface area contributed by atoms with Crippen LogP contribution in [0.3, 0.4) is 0 Å². The van der Waals surface area contributed by atoms with Gasteiger partial charge in [-0.1, -0.05) is 32.6 Å². The lowest BCUT2D eigenvalue weighted by molar-refractivity contribution is -0.143. The van der Waals surface area contributed by atoms with Gasteiger partial charge in [0.15, 0.2) is 0 Å². The Kier molecular flexibility index (Phi) is 12.1. The molecule has 0 aliphatic carbocycles. The number of esters is 1. The van der Waals surface area contributed by atoms with Gasteiger partial charge in [-0.15, -0.1) is 0 Å². The van der Waals surface area contributed by atoms with E-state index in [9.17, 15) is 4.79 Å². The molecule has 0 atom stereocenters. The van der Waals surface area contributed by atoms with Crippen LogP contribution in [-0.4, -0.2) is 25.7 Å². The van der Waals surface area contributed by atoms with Crippen LogP contribution < -0.4 is 5.32 Å². The van der Waals surface area contributed by atoms with E-state index in [1.54, 1.807) is 0 Å². The van der Waals surface area contributed by atoms with Crippen LogP contribution in [0.5, 0.6) is 0 Å². The SMILES string of the molecule is CCCCCCCNCCCC(=O)OCC. The summed E-state index contributed by atoms with van der Waals surface area (Å²) in [6.07, 6.45) is 7.99. The van der Waals surface area contributed by atoms with Crippen molar-refractivity contribution < 1.29 is 9.53 Å². The van der Waals surface area contributed by atoms with Crippen LogP contribution in [0.1, 0.15) is 58.8 Å². The maximum Gasteiger partial charge on any atom is 0.305 e. The van der Waals surface area contributed by atoms with Crippen LogP contribution in [0, 0.1) is 0 Å². The van der Waals surface area contributed by atoms with Gasteiger partial charge in [0.05, 0.1) is 6.61 Å². The molecule has 0 amide bonds. The van der Waals surface area contributed by atoms with E-state index in [4.69, 9.17) is 4.74 Å². The number of hydrogen-bond acceptors (Lipinski definition) is 3. The minimum absolute atomic E-state index is 0.0766. The summed E-state index contributed by atoms with van der Waals surface area (Å²) in [4.78, 5) is 11.0. The lowest BCUT2D eigenvalue weighted by Crippen LogP contribution is -2.18. The zero-order valence-electron chi connectivity index (χ0n) is 10.9. The van der Waals surface area contributed by atoms with Crippen LogP contribution >= 0.6 is 0 Å². The molecule has 1 N–H and O–H groups in total. The van der Waals surface area contributed by atoms with Crippen molar-refractivity contribution in [2.75, 3.05) is 19.7 Å². The quantitative estimate of drug-likeness (QED) is 0.437. The van der Waals surface area contributed by atoms with Crippen LogP contribution in [0.25, 0.3) is 0 Å². The normalized spacial score (nSPS) is 10.4. The molecule has 0 fully saturated rings. The lowest BCUT2D eigenvalue weighted by atomic mass is 10.1. The zero-order chi connectivity index (χ0) is 12.1.